The zero-order valence-corrected chi connectivity index (χ0v) is 15.2. The summed E-state index contributed by atoms with van der Waals surface area (Å²) in [5, 5.41) is 3.57. The molecule has 20 heavy (non-hydrogen) atoms. The molecule has 0 spiro atoms. The molecular weight excluding hydrogens is 244 g/mol. The van der Waals surface area contributed by atoms with Gasteiger partial charge < -0.3 is 10.2 Å². The fraction of sp³-hybridized carbons (Fsp3) is 1.00. The molecule has 1 rings (SSSR count). The third-order valence-electron chi connectivity index (χ3n) is 5.77. The van der Waals surface area contributed by atoms with Crippen molar-refractivity contribution in [2.45, 2.75) is 72.9 Å². The molecule has 1 N–H and O–H groups in total. The van der Waals surface area contributed by atoms with E-state index < -0.39 is 0 Å². The lowest BCUT2D eigenvalue weighted by atomic mass is 9.73. The molecular formula is C18H38N2. The van der Waals surface area contributed by atoms with Crippen LogP contribution in [0.15, 0.2) is 0 Å². The fourth-order valence-electron chi connectivity index (χ4n) is 3.68. The molecule has 0 aromatic carbocycles. The SMILES string of the molecule is CNC1CCC(C(C)C)CC1CN(C)C(C)C(C)(C)C. The summed E-state index contributed by atoms with van der Waals surface area (Å²) in [6, 6.07) is 1.33. The highest BCUT2D eigenvalue weighted by Gasteiger charge is 2.33. The average Bonchev–Trinajstić information content (AvgIpc) is 2.36. The molecule has 0 radical (unpaired) electrons. The van der Waals surface area contributed by atoms with Gasteiger partial charge >= 0.3 is 0 Å². The molecule has 0 amide bonds. The number of nitrogens with zero attached hydrogens (tertiary/aromatic N) is 1. The van der Waals surface area contributed by atoms with E-state index in [-0.39, 0.29) is 0 Å². The Labute approximate surface area is 127 Å². The summed E-state index contributed by atoms with van der Waals surface area (Å²) < 4.78 is 0. The van der Waals surface area contributed by atoms with Gasteiger partial charge in [-0.05, 0) is 63.5 Å². The Hall–Kier alpha value is -0.0800. The van der Waals surface area contributed by atoms with Gasteiger partial charge in [0.2, 0.25) is 0 Å². The van der Waals surface area contributed by atoms with Gasteiger partial charge in [-0.3, -0.25) is 0 Å². The summed E-state index contributed by atoms with van der Waals surface area (Å²) in [6.45, 7) is 15.4. The molecule has 2 heteroatoms. The minimum Gasteiger partial charge on any atom is -0.317 e. The molecule has 1 saturated carbocycles. The molecule has 1 fully saturated rings. The monoisotopic (exact) mass is 282 g/mol. The van der Waals surface area contributed by atoms with Crippen molar-refractivity contribution in [3.8, 4) is 0 Å². The highest BCUT2D eigenvalue weighted by molar-refractivity contribution is 4.88. The molecule has 4 unspecified atom stereocenters. The predicted molar refractivity (Wildman–Crippen MR) is 90.1 cm³/mol. The van der Waals surface area contributed by atoms with Gasteiger partial charge in [0.15, 0.2) is 0 Å². The third-order valence-corrected chi connectivity index (χ3v) is 5.77. The molecule has 1 aliphatic rings. The normalized spacial score (nSPS) is 30.0. The van der Waals surface area contributed by atoms with Crippen molar-refractivity contribution in [2.24, 2.45) is 23.2 Å². The number of nitrogens with one attached hydrogen (secondary N) is 1. The lowest BCUT2D eigenvalue weighted by Gasteiger charge is -2.43. The molecule has 0 aromatic heterocycles. The molecule has 0 bridgehead atoms. The van der Waals surface area contributed by atoms with Crippen LogP contribution in [0, 0.1) is 23.2 Å². The van der Waals surface area contributed by atoms with Crippen LogP contribution in [-0.2, 0) is 0 Å². The summed E-state index contributed by atoms with van der Waals surface area (Å²) >= 11 is 0. The Balaban J connectivity index is 2.66. The number of hydrogen-bond donors (Lipinski definition) is 1. The second-order valence-electron chi connectivity index (χ2n) is 8.45. The van der Waals surface area contributed by atoms with Gasteiger partial charge in [-0.25, -0.2) is 0 Å². The highest BCUT2D eigenvalue weighted by atomic mass is 15.1. The Bertz CT molecular complexity index is 280. The lowest BCUT2D eigenvalue weighted by molar-refractivity contribution is 0.0829. The van der Waals surface area contributed by atoms with Crippen LogP contribution in [0.25, 0.3) is 0 Å². The molecule has 0 aromatic rings. The van der Waals surface area contributed by atoms with E-state index in [0.717, 1.165) is 17.8 Å². The van der Waals surface area contributed by atoms with E-state index in [1.54, 1.807) is 0 Å². The van der Waals surface area contributed by atoms with Gasteiger partial charge in [0.25, 0.3) is 0 Å². The maximum Gasteiger partial charge on any atom is 0.0112 e. The summed E-state index contributed by atoms with van der Waals surface area (Å²) in [4.78, 5) is 2.58. The van der Waals surface area contributed by atoms with Crippen LogP contribution in [-0.4, -0.2) is 37.6 Å². The van der Waals surface area contributed by atoms with Gasteiger partial charge in [0.1, 0.15) is 0 Å². The highest BCUT2D eigenvalue weighted by Crippen LogP contribution is 2.35. The van der Waals surface area contributed by atoms with Crippen LogP contribution in [0.4, 0.5) is 0 Å². The summed E-state index contributed by atoms with van der Waals surface area (Å²) in [5.74, 6) is 2.56. The third kappa shape index (κ3) is 4.73. The first kappa shape index (κ1) is 18.0. The number of rotatable bonds is 5. The zero-order chi connectivity index (χ0) is 15.5. The van der Waals surface area contributed by atoms with Crippen molar-refractivity contribution >= 4 is 0 Å². The quantitative estimate of drug-likeness (QED) is 0.819. The summed E-state index contributed by atoms with van der Waals surface area (Å²) in [6.07, 6.45) is 4.14. The minimum absolute atomic E-state index is 0.357. The molecule has 0 heterocycles. The summed E-state index contributed by atoms with van der Waals surface area (Å²) in [5.41, 5.74) is 0.357. The van der Waals surface area contributed by atoms with E-state index in [0.29, 0.717) is 17.5 Å². The van der Waals surface area contributed by atoms with E-state index in [1.165, 1.54) is 25.8 Å². The second kappa shape index (κ2) is 7.26. The van der Waals surface area contributed by atoms with Gasteiger partial charge in [0, 0.05) is 18.6 Å². The average molecular weight is 283 g/mol. The predicted octanol–water partition coefficient (Wildman–Crippen LogP) is 4.01. The molecule has 120 valence electrons. The maximum absolute atomic E-state index is 3.57. The summed E-state index contributed by atoms with van der Waals surface area (Å²) in [7, 11) is 4.45. The van der Waals surface area contributed by atoms with E-state index in [9.17, 15) is 0 Å². The Kier molecular flexibility index (Phi) is 6.53. The van der Waals surface area contributed by atoms with Crippen molar-refractivity contribution in [1.29, 1.82) is 0 Å². The zero-order valence-electron chi connectivity index (χ0n) is 15.2. The van der Waals surface area contributed by atoms with Gasteiger partial charge in [0.05, 0.1) is 0 Å². The van der Waals surface area contributed by atoms with E-state index in [1.807, 2.05) is 0 Å². The van der Waals surface area contributed by atoms with Crippen LogP contribution in [0.5, 0.6) is 0 Å². The van der Waals surface area contributed by atoms with Crippen molar-refractivity contribution in [3.63, 3.8) is 0 Å². The van der Waals surface area contributed by atoms with Gasteiger partial charge in [-0.2, -0.15) is 0 Å². The fourth-order valence-corrected chi connectivity index (χ4v) is 3.68. The molecule has 2 nitrogen and oxygen atoms in total. The van der Waals surface area contributed by atoms with E-state index in [4.69, 9.17) is 0 Å². The van der Waals surface area contributed by atoms with Crippen LogP contribution in [0.2, 0.25) is 0 Å². The Morgan fingerprint density at radius 2 is 1.75 bits per heavy atom. The topological polar surface area (TPSA) is 15.3 Å². The standard InChI is InChI=1S/C18H38N2/c1-13(2)15-9-10-17(19-7)16(11-15)12-20(8)14(3)18(4,5)6/h13-17,19H,9-12H2,1-8H3. The van der Waals surface area contributed by atoms with E-state index in [2.05, 4.69) is 65.9 Å². The Morgan fingerprint density at radius 1 is 1.15 bits per heavy atom. The van der Waals surface area contributed by atoms with Crippen molar-refractivity contribution in [3.05, 3.63) is 0 Å². The molecule has 0 saturated heterocycles. The largest absolute Gasteiger partial charge is 0.317 e. The van der Waals surface area contributed by atoms with E-state index >= 15 is 0 Å². The van der Waals surface area contributed by atoms with Crippen LogP contribution in [0.3, 0.4) is 0 Å². The lowest BCUT2D eigenvalue weighted by Crippen LogP contribution is -2.48. The van der Waals surface area contributed by atoms with Crippen LogP contribution in [0.1, 0.15) is 60.8 Å². The first-order chi connectivity index (χ1) is 9.16. The minimum atomic E-state index is 0.357. The Morgan fingerprint density at radius 3 is 2.20 bits per heavy atom. The first-order valence-electron chi connectivity index (χ1n) is 8.54. The first-order valence-corrected chi connectivity index (χ1v) is 8.54. The van der Waals surface area contributed by atoms with Crippen molar-refractivity contribution in [2.75, 3.05) is 20.6 Å². The molecule has 0 aliphatic heterocycles. The smallest absolute Gasteiger partial charge is 0.0112 e. The number of hydrogen-bond acceptors (Lipinski definition) is 2. The van der Waals surface area contributed by atoms with Crippen LogP contribution < -0.4 is 5.32 Å². The van der Waals surface area contributed by atoms with Gasteiger partial charge in [-0.1, -0.05) is 34.6 Å². The van der Waals surface area contributed by atoms with Crippen LogP contribution >= 0.6 is 0 Å². The van der Waals surface area contributed by atoms with Crippen molar-refractivity contribution in [1.82, 2.24) is 10.2 Å². The molecule has 1 aliphatic carbocycles. The van der Waals surface area contributed by atoms with Gasteiger partial charge in [-0.15, -0.1) is 0 Å². The maximum atomic E-state index is 3.57. The second-order valence-corrected chi connectivity index (χ2v) is 8.45. The molecule has 4 atom stereocenters. The van der Waals surface area contributed by atoms with Crippen molar-refractivity contribution < 1.29 is 0 Å².